The highest BCUT2D eigenvalue weighted by atomic mass is 19.1. The van der Waals surface area contributed by atoms with Gasteiger partial charge in [-0.3, -0.25) is 14.2 Å². The third-order valence-corrected chi connectivity index (χ3v) is 11.1. The molecule has 5 fully saturated rings. The van der Waals surface area contributed by atoms with Gasteiger partial charge in [-0.1, -0.05) is 26.8 Å². The lowest BCUT2D eigenvalue weighted by Gasteiger charge is -2.61. The Morgan fingerprint density at radius 3 is 2.64 bits per heavy atom. The monoisotopic (exact) mass is 643 g/mol. The predicted molar refractivity (Wildman–Crippen MR) is 182 cm³/mol. The number of methoxy groups -OCH3 is 1. The molecule has 11 heteroatoms. The SMILES string of the molecule is COc1ccc(CCn2c(NC3CC3)nc3cc(NC(=NC4C[C@@H]5C[C@H]([C@@H]4C)C5(C)C)N4CC(=O)N[C@@H](C)C4)ccc3c2=O)c(F)c1. The molecule has 4 aliphatic carbocycles. The summed E-state index contributed by atoms with van der Waals surface area (Å²) >= 11 is 0. The molecule has 1 unspecified atom stereocenters. The number of rotatable bonds is 8. The number of aryl methyl sites for hydroxylation is 1. The Labute approximate surface area is 275 Å². The Bertz CT molecular complexity index is 1780. The number of carbonyl (C=O) groups is 1. The van der Waals surface area contributed by atoms with Crippen molar-refractivity contribution in [1.82, 2.24) is 19.8 Å². The second-order valence-corrected chi connectivity index (χ2v) is 14.7. The predicted octanol–water partition coefficient (Wildman–Crippen LogP) is 5.02. The van der Waals surface area contributed by atoms with Gasteiger partial charge in [0.15, 0.2) is 5.96 Å². The van der Waals surface area contributed by atoms with E-state index in [9.17, 15) is 14.0 Å². The molecule has 1 saturated heterocycles. The van der Waals surface area contributed by atoms with Crippen LogP contribution >= 0.6 is 0 Å². The standard InChI is InChI=1S/C36H46FN7O3/c1-20-18-43(19-32(45)38-20)34(41-30-15-23-14-28(21(30)2)36(23,3)4)40-25-9-11-27-31(16-25)42-35(39-24-7-8-24)44(33(27)46)13-12-22-6-10-26(47-5)17-29(22)37/h6,9-11,16-17,20-21,23-24,28,30H,7-8,12-15,18-19H2,1-5H3,(H,38,45)(H,39,42)(H,40,41)/t20-,21-,23-,28+,30?/m0/s1. The first-order chi connectivity index (χ1) is 22.5. The number of carbonyl (C=O) groups excluding carboxylic acids is 1. The zero-order valence-corrected chi connectivity index (χ0v) is 28.0. The van der Waals surface area contributed by atoms with Crippen LogP contribution in [0, 0.1) is 29.0 Å². The van der Waals surface area contributed by atoms with Gasteiger partial charge in [0.2, 0.25) is 11.9 Å². The molecule has 5 atom stereocenters. The molecule has 2 bridgehead atoms. The Morgan fingerprint density at radius 1 is 1.15 bits per heavy atom. The molecule has 250 valence electrons. The summed E-state index contributed by atoms with van der Waals surface area (Å²) in [5, 5.41) is 10.5. The van der Waals surface area contributed by atoms with Crippen LogP contribution in [-0.2, 0) is 17.8 Å². The fourth-order valence-corrected chi connectivity index (χ4v) is 7.98. The number of nitrogens with one attached hydrogen (secondary N) is 3. The van der Waals surface area contributed by atoms with E-state index in [2.05, 4.69) is 36.7 Å². The van der Waals surface area contributed by atoms with E-state index in [-0.39, 0.29) is 48.5 Å². The number of halogens is 1. The molecule has 2 aromatic carbocycles. The van der Waals surface area contributed by atoms with Gasteiger partial charge < -0.3 is 25.6 Å². The van der Waals surface area contributed by atoms with Crippen molar-refractivity contribution in [1.29, 1.82) is 0 Å². The van der Waals surface area contributed by atoms with Crippen molar-refractivity contribution < 1.29 is 13.9 Å². The molecule has 8 rings (SSSR count). The van der Waals surface area contributed by atoms with Crippen LogP contribution in [0.2, 0.25) is 0 Å². The summed E-state index contributed by atoms with van der Waals surface area (Å²) in [6.07, 6.45) is 4.68. The van der Waals surface area contributed by atoms with Crippen molar-refractivity contribution in [3.8, 4) is 5.75 Å². The summed E-state index contributed by atoms with van der Waals surface area (Å²) in [6, 6.07) is 10.8. The van der Waals surface area contributed by atoms with Crippen molar-refractivity contribution in [2.75, 3.05) is 30.8 Å². The quantitative estimate of drug-likeness (QED) is 0.234. The fraction of sp³-hybridized carbons (Fsp3) is 0.556. The number of hydrogen-bond donors (Lipinski definition) is 3. The van der Waals surface area contributed by atoms with Gasteiger partial charge in [-0.15, -0.1) is 0 Å². The zero-order chi connectivity index (χ0) is 33.0. The van der Waals surface area contributed by atoms with E-state index in [1.165, 1.54) is 19.6 Å². The highest BCUT2D eigenvalue weighted by Gasteiger charge is 2.56. The number of piperazine rings is 1. The number of aliphatic imine (C=N–C) groups is 1. The van der Waals surface area contributed by atoms with Crippen LogP contribution in [0.25, 0.3) is 10.9 Å². The average Bonchev–Trinajstić information content (AvgIpc) is 3.85. The number of aromatic nitrogens is 2. The van der Waals surface area contributed by atoms with Crippen LogP contribution in [0.4, 0.5) is 16.0 Å². The lowest BCUT2D eigenvalue weighted by Crippen LogP contribution is -2.58. The molecule has 4 saturated carbocycles. The molecule has 0 spiro atoms. The van der Waals surface area contributed by atoms with Crippen LogP contribution in [0.5, 0.6) is 5.75 Å². The average molecular weight is 644 g/mol. The fourth-order valence-electron chi connectivity index (χ4n) is 7.98. The van der Waals surface area contributed by atoms with Crippen LogP contribution in [-0.4, -0.2) is 64.6 Å². The molecular formula is C36H46FN7O3. The lowest BCUT2D eigenvalue weighted by molar-refractivity contribution is -0.124. The second-order valence-electron chi connectivity index (χ2n) is 14.7. The molecule has 1 amide bonds. The van der Waals surface area contributed by atoms with Crippen molar-refractivity contribution in [2.45, 2.75) is 84.5 Å². The van der Waals surface area contributed by atoms with E-state index >= 15 is 0 Å². The summed E-state index contributed by atoms with van der Waals surface area (Å²) in [4.78, 5) is 38.7. The van der Waals surface area contributed by atoms with Gasteiger partial charge in [0.1, 0.15) is 11.6 Å². The number of anilines is 2. The summed E-state index contributed by atoms with van der Waals surface area (Å²) in [5.74, 6) is 3.00. The number of ether oxygens (including phenoxy) is 1. The van der Waals surface area contributed by atoms with E-state index in [0.29, 0.717) is 70.3 Å². The van der Waals surface area contributed by atoms with Crippen LogP contribution in [0.15, 0.2) is 46.2 Å². The Morgan fingerprint density at radius 2 is 1.96 bits per heavy atom. The normalized spacial score (nSPS) is 26.9. The number of guanidine groups is 1. The molecular weight excluding hydrogens is 597 g/mol. The van der Waals surface area contributed by atoms with E-state index in [0.717, 1.165) is 24.9 Å². The zero-order valence-electron chi connectivity index (χ0n) is 28.0. The topological polar surface area (TPSA) is 113 Å². The maximum absolute atomic E-state index is 14.7. The largest absolute Gasteiger partial charge is 0.497 e. The highest BCUT2D eigenvalue weighted by molar-refractivity contribution is 5.98. The number of amides is 1. The molecule has 47 heavy (non-hydrogen) atoms. The summed E-state index contributed by atoms with van der Waals surface area (Å²) in [6.45, 7) is 10.3. The maximum Gasteiger partial charge on any atom is 0.262 e. The van der Waals surface area contributed by atoms with Crippen LogP contribution in [0.1, 0.15) is 58.9 Å². The third kappa shape index (κ3) is 6.16. The molecule has 10 nitrogen and oxygen atoms in total. The van der Waals surface area contributed by atoms with Gasteiger partial charge in [-0.05, 0) is 92.0 Å². The first-order valence-corrected chi connectivity index (χ1v) is 17.0. The first-order valence-electron chi connectivity index (χ1n) is 17.0. The maximum atomic E-state index is 14.7. The van der Waals surface area contributed by atoms with Crippen LogP contribution < -0.4 is 26.2 Å². The summed E-state index contributed by atoms with van der Waals surface area (Å²) < 4.78 is 21.5. The van der Waals surface area contributed by atoms with Crippen molar-refractivity contribution in [2.24, 2.45) is 28.2 Å². The number of benzene rings is 2. The molecule has 3 N–H and O–H groups in total. The third-order valence-electron chi connectivity index (χ3n) is 11.1. The minimum absolute atomic E-state index is 0.00134. The van der Waals surface area contributed by atoms with Gasteiger partial charge in [0.25, 0.3) is 5.56 Å². The summed E-state index contributed by atoms with van der Waals surface area (Å²) in [5.41, 5.74) is 2.01. The van der Waals surface area contributed by atoms with E-state index in [1.54, 1.807) is 22.8 Å². The minimum Gasteiger partial charge on any atom is -0.497 e. The van der Waals surface area contributed by atoms with E-state index < -0.39 is 0 Å². The van der Waals surface area contributed by atoms with Gasteiger partial charge in [-0.25, -0.2) is 14.4 Å². The lowest BCUT2D eigenvalue weighted by atomic mass is 9.45. The summed E-state index contributed by atoms with van der Waals surface area (Å²) in [7, 11) is 1.51. The second kappa shape index (κ2) is 12.1. The highest BCUT2D eigenvalue weighted by Crippen LogP contribution is 2.61. The Hall–Kier alpha value is -4.15. The van der Waals surface area contributed by atoms with Crippen molar-refractivity contribution in [3.05, 3.63) is 58.1 Å². The number of hydrogen-bond acceptors (Lipinski definition) is 6. The van der Waals surface area contributed by atoms with Gasteiger partial charge in [0.05, 0.1) is 30.6 Å². The molecule has 3 aromatic rings. The number of nitrogens with zero attached hydrogens (tertiary/aromatic N) is 4. The first kappa shape index (κ1) is 31.4. The minimum atomic E-state index is -0.361. The van der Waals surface area contributed by atoms with Crippen LogP contribution in [0.3, 0.4) is 0 Å². The molecule has 2 heterocycles. The van der Waals surface area contributed by atoms with Gasteiger partial charge in [0, 0.05) is 36.9 Å². The van der Waals surface area contributed by atoms with Crippen molar-refractivity contribution in [3.63, 3.8) is 0 Å². The van der Waals surface area contributed by atoms with E-state index in [1.807, 2.05) is 24.0 Å². The Balaban J connectivity index is 1.19. The number of fused-ring (bicyclic) bond motifs is 3. The molecule has 1 aromatic heterocycles. The Kier molecular flexibility index (Phi) is 8.12. The molecule has 5 aliphatic rings. The molecule has 1 aliphatic heterocycles. The van der Waals surface area contributed by atoms with Crippen molar-refractivity contribution >= 4 is 34.4 Å². The smallest absolute Gasteiger partial charge is 0.262 e. The van der Waals surface area contributed by atoms with Gasteiger partial charge >= 0.3 is 0 Å². The van der Waals surface area contributed by atoms with Gasteiger partial charge in [-0.2, -0.15) is 0 Å². The van der Waals surface area contributed by atoms with E-state index in [4.69, 9.17) is 14.7 Å². The molecule has 0 radical (unpaired) electrons.